The van der Waals surface area contributed by atoms with Crippen LogP contribution >= 0.6 is 9.39 Å². The second-order valence-corrected chi connectivity index (χ2v) is 7.14. The molecule has 0 saturated heterocycles. The van der Waals surface area contributed by atoms with Crippen LogP contribution in [0.15, 0.2) is 24.0 Å². The van der Waals surface area contributed by atoms with Gasteiger partial charge in [0.15, 0.2) is 0 Å². The lowest BCUT2D eigenvalue weighted by Crippen LogP contribution is -2.41. The Morgan fingerprint density at radius 1 is 1.57 bits per heavy atom. The predicted molar refractivity (Wildman–Crippen MR) is 98.1 cm³/mol. The molecule has 1 aliphatic carbocycles. The first-order chi connectivity index (χ1) is 11.0. The van der Waals surface area contributed by atoms with Crippen molar-refractivity contribution in [2.24, 2.45) is 11.8 Å². The number of allylic oxidation sites excluding steroid dienone is 1. The van der Waals surface area contributed by atoms with Gasteiger partial charge in [-0.2, -0.15) is 5.26 Å². The van der Waals surface area contributed by atoms with E-state index in [0.717, 1.165) is 17.0 Å². The van der Waals surface area contributed by atoms with Crippen LogP contribution in [0.5, 0.6) is 0 Å². The summed E-state index contributed by atoms with van der Waals surface area (Å²) in [6.07, 6.45) is 9.25. The van der Waals surface area contributed by atoms with Gasteiger partial charge < -0.3 is 15.1 Å². The highest BCUT2D eigenvalue weighted by Gasteiger charge is 2.28. The van der Waals surface area contributed by atoms with Crippen LogP contribution in [0, 0.1) is 17.2 Å². The van der Waals surface area contributed by atoms with Gasteiger partial charge in [-0.25, -0.2) is 5.84 Å². The Balaban J connectivity index is 2.13. The lowest BCUT2D eigenvalue weighted by molar-refractivity contribution is 0.206. The zero-order chi connectivity index (χ0) is 17.0. The van der Waals surface area contributed by atoms with E-state index in [9.17, 15) is 0 Å². The Morgan fingerprint density at radius 2 is 2.22 bits per heavy atom. The Labute approximate surface area is 141 Å². The topological polar surface area (TPSA) is 84.0 Å². The second kappa shape index (κ2) is 7.86. The first-order valence-electron chi connectivity index (χ1n) is 8.25. The third-order valence-corrected chi connectivity index (χ3v) is 5.57. The van der Waals surface area contributed by atoms with Crippen molar-refractivity contribution in [2.75, 3.05) is 5.73 Å². The highest BCUT2D eigenvalue weighted by Crippen LogP contribution is 2.33. The monoisotopic (exact) mass is 333 g/mol. The number of hydrogen-bond acceptors (Lipinski definition) is 4. The summed E-state index contributed by atoms with van der Waals surface area (Å²) in [5.74, 6) is 7.78. The lowest BCUT2D eigenvalue weighted by atomic mass is 9.93. The molecule has 1 aliphatic rings. The van der Waals surface area contributed by atoms with E-state index in [2.05, 4.69) is 29.3 Å². The number of hydrogen-bond donors (Lipinski definition) is 2. The summed E-state index contributed by atoms with van der Waals surface area (Å²) in [5, 5.41) is 10.9. The molecule has 0 bridgehead atoms. The van der Waals surface area contributed by atoms with Crippen molar-refractivity contribution in [3.8, 4) is 6.07 Å². The summed E-state index contributed by atoms with van der Waals surface area (Å²) >= 11 is 0. The summed E-state index contributed by atoms with van der Waals surface area (Å²) < 4.78 is 1.84. The number of rotatable bonds is 6. The number of anilines is 1. The van der Waals surface area contributed by atoms with Crippen LogP contribution in [-0.2, 0) is 0 Å². The molecule has 0 amide bonds. The van der Waals surface area contributed by atoms with Crippen LogP contribution in [0.3, 0.4) is 0 Å². The minimum absolute atomic E-state index is 0.105. The number of nitrogens with zero attached hydrogens (tertiary/aromatic N) is 3. The van der Waals surface area contributed by atoms with Crippen molar-refractivity contribution in [3.63, 3.8) is 0 Å². The smallest absolute Gasteiger partial charge is 0.110 e. The van der Waals surface area contributed by atoms with Crippen molar-refractivity contribution in [1.82, 2.24) is 9.35 Å². The molecule has 23 heavy (non-hydrogen) atoms. The molecule has 0 aromatic carbocycles. The largest absolute Gasteiger partial charge is 0.385 e. The minimum Gasteiger partial charge on any atom is -0.385 e. The molecule has 2 rings (SSSR count). The normalized spacial score (nSPS) is 18.7. The van der Waals surface area contributed by atoms with E-state index >= 15 is 0 Å². The first kappa shape index (κ1) is 17.8. The van der Waals surface area contributed by atoms with E-state index in [1.54, 1.807) is 5.01 Å². The highest BCUT2D eigenvalue weighted by atomic mass is 31.0. The maximum atomic E-state index is 9.13. The van der Waals surface area contributed by atoms with Crippen molar-refractivity contribution in [3.05, 3.63) is 29.6 Å². The van der Waals surface area contributed by atoms with Gasteiger partial charge >= 0.3 is 0 Å². The van der Waals surface area contributed by atoms with E-state index in [4.69, 9.17) is 16.8 Å². The molecule has 1 fully saturated rings. The molecule has 4 N–H and O–H groups in total. The van der Waals surface area contributed by atoms with Gasteiger partial charge in [-0.05, 0) is 46.7 Å². The zero-order valence-corrected chi connectivity index (χ0v) is 15.2. The molecule has 3 unspecified atom stereocenters. The maximum absolute atomic E-state index is 9.13. The Morgan fingerprint density at radius 3 is 2.74 bits per heavy atom. The summed E-state index contributed by atoms with van der Waals surface area (Å²) in [4.78, 5) is 0. The van der Waals surface area contributed by atoms with Crippen LogP contribution in [0.4, 0.5) is 5.82 Å². The van der Waals surface area contributed by atoms with Gasteiger partial charge in [-0.1, -0.05) is 19.8 Å². The average Bonchev–Trinajstić information content (AvgIpc) is 3.15. The van der Waals surface area contributed by atoms with Crippen LogP contribution in [0.1, 0.15) is 57.4 Å². The quantitative estimate of drug-likeness (QED) is 0.475. The fraction of sp³-hybridized carbons (Fsp3) is 0.588. The van der Waals surface area contributed by atoms with E-state index in [0.29, 0.717) is 12.3 Å². The van der Waals surface area contributed by atoms with Crippen LogP contribution in [0.25, 0.3) is 0 Å². The first-order valence-corrected chi connectivity index (χ1v) is 8.77. The molecule has 126 valence electrons. The Hall–Kier alpha value is -1.50. The van der Waals surface area contributed by atoms with Gasteiger partial charge in [0.2, 0.25) is 0 Å². The lowest BCUT2D eigenvalue weighted by Gasteiger charge is -2.30. The SMILES string of the molecule is C/C(=C\N(N)C(CC#N)C1CCCC1)C(C)c1ccn(P)c1N. The number of aromatic nitrogens is 1. The Kier molecular flexibility index (Phi) is 6.10. The molecule has 1 aromatic heterocycles. The fourth-order valence-electron chi connectivity index (χ4n) is 3.48. The average molecular weight is 333 g/mol. The van der Waals surface area contributed by atoms with Gasteiger partial charge in [0, 0.05) is 23.9 Å². The van der Waals surface area contributed by atoms with Crippen molar-refractivity contribution >= 4 is 15.2 Å². The summed E-state index contributed by atoms with van der Waals surface area (Å²) in [6, 6.07) is 4.44. The van der Waals surface area contributed by atoms with Crippen molar-refractivity contribution < 1.29 is 0 Å². The van der Waals surface area contributed by atoms with E-state index in [1.807, 2.05) is 22.8 Å². The molecular formula is C17H28N5P. The van der Waals surface area contributed by atoms with Crippen molar-refractivity contribution in [1.29, 1.82) is 5.26 Å². The third-order valence-electron chi connectivity index (χ3n) is 5.12. The molecule has 0 radical (unpaired) electrons. The van der Waals surface area contributed by atoms with Crippen LogP contribution < -0.4 is 11.6 Å². The molecule has 6 heteroatoms. The third kappa shape index (κ3) is 4.07. The van der Waals surface area contributed by atoms with Crippen molar-refractivity contribution in [2.45, 2.75) is 57.9 Å². The summed E-state index contributed by atoms with van der Waals surface area (Å²) in [6.45, 7) is 4.20. The summed E-state index contributed by atoms with van der Waals surface area (Å²) in [7, 11) is 2.58. The van der Waals surface area contributed by atoms with Gasteiger partial charge in [0.25, 0.3) is 0 Å². The number of nitriles is 1. The van der Waals surface area contributed by atoms with Gasteiger partial charge in [0.1, 0.15) is 5.82 Å². The Bertz CT molecular complexity index is 595. The molecule has 0 aliphatic heterocycles. The predicted octanol–water partition coefficient (Wildman–Crippen LogP) is 3.36. The molecule has 1 saturated carbocycles. The molecule has 0 spiro atoms. The van der Waals surface area contributed by atoms with Crippen LogP contribution in [-0.4, -0.2) is 15.4 Å². The van der Waals surface area contributed by atoms with Gasteiger partial charge in [0.05, 0.1) is 18.5 Å². The number of hydrazine groups is 1. The van der Waals surface area contributed by atoms with E-state index in [1.165, 1.54) is 25.7 Å². The molecule has 5 nitrogen and oxygen atoms in total. The number of nitrogen functional groups attached to an aromatic ring is 1. The van der Waals surface area contributed by atoms with Gasteiger partial charge in [-0.3, -0.25) is 0 Å². The standard InChI is InChI=1S/C17H28N5P/c1-12(13(2)15-8-10-22(23)17(15)19)11-21(20)16(7-9-18)14-5-3-4-6-14/h8,10-11,13-14,16H,3-7,19-20,23H2,1-2H3/b12-11+. The zero-order valence-electron chi connectivity index (χ0n) is 14.1. The van der Waals surface area contributed by atoms with E-state index < -0.39 is 0 Å². The minimum atomic E-state index is 0.105. The maximum Gasteiger partial charge on any atom is 0.110 e. The fourth-order valence-corrected chi connectivity index (χ4v) is 3.72. The van der Waals surface area contributed by atoms with Crippen LogP contribution in [0.2, 0.25) is 0 Å². The van der Waals surface area contributed by atoms with E-state index in [-0.39, 0.29) is 12.0 Å². The highest BCUT2D eigenvalue weighted by molar-refractivity contribution is 7.14. The second-order valence-electron chi connectivity index (χ2n) is 6.58. The molecular weight excluding hydrogens is 305 g/mol. The molecule has 1 aromatic rings. The molecule has 1 heterocycles. The summed E-state index contributed by atoms with van der Waals surface area (Å²) in [5.41, 5.74) is 8.35. The molecule has 3 atom stereocenters. The number of nitrogens with two attached hydrogens (primary N) is 2. The van der Waals surface area contributed by atoms with Gasteiger partial charge in [-0.15, -0.1) is 0 Å².